The number of benzene rings is 2. The van der Waals surface area contributed by atoms with Crippen LogP contribution in [0.25, 0.3) is 22.5 Å². The molecule has 2 aromatic carbocycles. The monoisotopic (exact) mass is 366 g/mol. The molecule has 0 radical (unpaired) electrons. The number of nitrogens with zero attached hydrogens (tertiary/aromatic N) is 1. The maximum Gasteiger partial charge on any atom is 0.181 e. The second-order valence-corrected chi connectivity index (χ2v) is 5.70. The molecule has 0 unspecified atom stereocenters. The topological polar surface area (TPSA) is 52.0 Å². The van der Waals surface area contributed by atoms with Gasteiger partial charge in [-0.3, -0.25) is 0 Å². The van der Waals surface area contributed by atoms with E-state index in [9.17, 15) is 4.39 Å². The first-order chi connectivity index (χ1) is 10.1. The third-order valence-corrected chi connectivity index (χ3v) is 3.88. The van der Waals surface area contributed by atoms with Crippen LogP contribution < -0.4 is 5.73 Å². The van der Waals surface area contributed by atoms with Crippen molar-refractivity contribution in [2.45, 2.75) is 0 Å². The fourth-order valence-corrected chi connectivity index (χ4v) is 2.60. The minimum Gasteiger partial charge on any atom is -0.380 e. The Bertz CT molecular complexity index is 782. The number of halogens is 3. The molecule has 106 valence electrons. The normalized spacial score (nSPS) is 10.8. The van der Waals surface area contributed by atoms with Gasteiger partial charge in [-0.15, -0.1) is 0 Å². The Labute approximate surface area is 133 Å². The molecular weight excluding hydrogens is 359 g/mol. The Kier molecular flexibility index (Phi) is 3.69. The quantitative estimate of drug-likeness (QED) is 0.682. The number of nitrogens with two attached hydrogens (primary N) is 1. The maximum atomic E-state index is 14.1. The van der Waals surface area contributed by atoms with E-state index in [1.807, 2.05) is 24.3 Å². The lowest BCUT2D eigenvalue weighted by atomic mass is 10.0. The molecule has 0 spiro atoms. The van der Waals surface area contributed by atoms with Crippen LogP contribution in [0.1, 0.15) is 0 Å². The Morgan fingerprint density at radius 2 is 1.81 bits per heavy atom. The summed E-state index contributed by atoms with van der Waals surface area (Å²) in [6, 6.07) is 11.8. The van der Waals surface area contributed by atoms with Gasteiger partial charge in [0.1, 0.15) is 5.82 Å². The molecule has 0 saturated carbocycles. The van der Waals surface area contributed by atoms with Gasteiger partial charge in [-0.2, -0.15) is 0 Å². The first-order valence-electron chi connectivity index (χ1n) is 6.03. The lowest BCUT2D eigenvalue weighted by Crippen LogP contribution is -1.90. The van der Waals surface area contributed by atoms with Crippen LogP contribution >= 0.6 is 27.5 Å². The summed E-state index contributed by atoms with van der Waals surface area (Å²) in [6.07, 6.45) is 0. The zero-order chi connectivity index (χ0) is 15.0. The average Bonchev–Trinajstić information content (AvgIpc) is 2.82. The average molecular weight is 368 g/mol. The lowest BCUT2D eigenvalue weighted by molar-refractivity contribution is 0.433. The van der Waals surface area contributed by atoms with E-state index in [4.69, 9.17) is 21.9 Å². The van der Waals surface area contributed by atoms with Crippen LogP contribution in [0.2, 0.25) is 5.02 Å². The van der Waals surface area contributed by atoms with Crippen LogP contribution in [0.4, 0.5) is 10.2 Å². The molecule has 1 heterocycles. The first kappa shape index (κ1) is 14.1. The molecule has 0 amide bonds. The molecule has 0 aliphatic carbocycles. The number of anilines is 1. The highest BCUT2D eigenvalue weighted by molar-refractivity contribution is 9.10. The van der Waals surface area contributed by atoms with E-state index in [2.05, 4.69) is 21.1 Å². The van der Waals surface area contributed by atoms with Crippen molar-refractivity contribution in [3.05, 3.63) is 57.8 Å². The third-order valence-electron chi connectivity index (χ3n) is 3.04. The zero-order valence-electron chi connectivity index (χ0n) is 10.6. The SMILES string of the molecule is Nc1noc(-c2c(F)cccc2Cl)c1-c1ccc(Br)cc1. The molecule has 0 atom stereocenters. The van der Waals surface area contributed by atoms with Crippen molar-refractivity contribution in [1.82, 2.24) is 5.16 Å². The van der Waals surface area contributed by atoms with Crippen molar-refractivity contribution in [1.29, 1.82) is 0 Å². The van der Waals surface area contributed by atoms with E-state index in [1.165, 1.54) is 12.1 Å². The molecule has 0 saturated heterocycles. The molecule has 0 fully saturated rings. The minimum atomic E-state index is -0.489. The molecule has 0 aliphatic heterocycles. The van der Waals surface area contributed by atoms with Crippen LogP contribution in [0, 0.1) is 5.82 Å². The number of rotatable bonds is 2. The molecule has 21 heavy (non-hydrogen) atoms. The zero-order valence-corrected chi connectivity index (χ0v) is 13.0. The predicted octanol–water partition coefficient (Wildman–Crippen LogP) is 5.15. The van der Waals surface area contributed by atoms with Gasteiger partial charge in [0.2, 0.25) is 0 Å². The van der Waals surface area contributed by atoms with Crippen molar-refractivity contribution >= 4 is 33.3 Å². The van der Waals surface area contributed by atoms with Gasteiger partial charge in [0, 0.05) is 4.47 Å². The van der Waals surface area contributed by atoms with Crippen LogP contribution in [0.5, 0.6) is 0 Å². The summed E-state index contributed by atoms with van der Waals surface area (Å²) in [5.41, 5.74) is 7.31. The molecule has 6 heteroatoms. The fraction of sp³-hybridized carbons (Fsp3) is 0. The van der Waals surface area contributed by atoms with Gasteiger partial charge in [0.15, 0.2) is 11.6 Å². The fourth-order valence-electron chi connectivity index (χ4n) is 2.08. The third kappa shape index (κ3) is 2.54. The smallest absolute Gasteiger partial charge is 0.181 e. The van der Waals surface area contributed by atoms with Gasteiger partial charge in [-0.1, -0.05) is 50.9 Å². The maximum absolute atomic E-state index is 14.1. The molecule has 3 rings (SSSR count). The van der Waals surface area contributed by atoms with Crippen molar-refractivity contribution in [3.63, 3.8) is 0 Å². The van der Waals surface area contributed by atoms with Crippen LogP contribution in [-0.4, -0.2) is 5.16 Å². The standard InChI is InChI=1S/C15H9BrClFN2O/c16-9-6-4-8(5-7-9)12-14(21-20-15(12)19)13-10(17)2-1-3-11(13)18/h1-7H,(H2,19,20). The highest BCUT2D eigenvalue weighted by Crippen LogP contribution is 2.40. The highest BCUT2D eigenvalue weighted by atomic mass is 79.9. The van der Waals surface area contributed by atoms with E-state index in [1.54, 1.807) is 6.07 Å². The predicted molar refractivity (Wildman–Crippen MR) is 84.5 cm³/mol. The van der Waals surface area contributed by atoms with Crippen molar-refractivity contribution in [2.75, 3.05) is 5.73 Å². The highest BCUT2D eigenvalue weighted by Gasteiger charge is 2.22. The van der Waals surface area contributed by atoms with Crippen molar-refractivity contribution in [3.8, 4) is 22.5 Å². The van der Waals surface area contributed by atoms with E-state index >= 15 is 0 Å². The molecule has 3 aromatic rings. The summed E-state index contributed by atoms with van der Waals surface area (Å²) in [4.78, 5) is 0. The number of hydrogen-bond acceptors (Lipinski definition) is 3. The Morgan fingerprint density at radius 1 is 1.10 bits per heavy atom. The molecule has 0 aliphatic rings. The summed E-state index contributed by atoms with van der Waals surface area (Å²) in [7, 11) is 0. The number of nitrogen functional groups attached to an aromatic ring is 1. The second-order valence-electron chi connectivity index (χ2n) is 4.38. The lowest BCUT2D eigenvalue weighted by Gasteiger charge is -2.06. The second kappa shape index (κ2) is 5.50. The van der Waals surface area contributed by atoms with Crippen molar-refractivity contribution in [2.24, 2.45) is 0 Å². The van der Waals surface area contributed by atoms with Gasteiger partial charge in [-0.25, -0.2) is 4.39 Å². The van der Waals surface area contributed by atoms with E-state index in [0.29, 0.717) is 5.56 Å². The van der Waals surface area contributed by atoms with E-state index in [0.717, 1.165) is 10.0 Å². The van der Waals surface area contributed by atoms with Crippen LogP contribution in [0.15, 0.2) is 51.5 Å². The molecule has 0 bridgehead atoms. The van der Waals surface area contributed by atoms with Crippen molar-refractivity contribution < 1.29 is 8.91 Å². The molecule has 3 nitrogen and oxygen atoms in total. The van der Waals surface area contributed by atoms with Crippen LogP contribution in [-0.2, 0) is 0 Å². The van der Waals surface area contributed by atoms with E-state index < -0.39 is 5.82 Å². The minimum absolute atomic E-state index is 0.154. The van der Waals surface area contributed by atoms with Gasteiger partial charge >= 0.3 is 0 Å². The van der Waals surface area contributed by atoms with Gasteiger partial charge < -0.3 is 10.3 Å². The Balaban J connectivity index is 2.24. The number of hydrogen-bond donors (Lipinski definition) is 1. The summed E-state index contributed by atoms with van der Waals surface area (Å²) < 4.78 is 20.2. The summed E-state index contributed by atoms with van der Waals surface area (Å²) in [6.45, 7) is 0. The summed E-state index contributed by atoms with van der Waals surface area (Å²) in [5.74, 6) is -0.0819. The molecule has 2 N–H and O–H groups in total. The largest absolute Gasteiger partial charge is 0.380 e. The summed E-state index contributed by atoms with van der Waals surface area (Å²) >= 11 is 9.44. The van der Waals surface area contributed by atoms with Gasteiger partial charge in [0.05, 0.1) is 16.1 Å². The van der Waals surface area contributed by atoms with E-state index in [-0.39, 0.29) is 22.2 Å². The summed E-state index contributed by atoms with van der Waals surface area (Å²) in [5, 5.41) is 3.98. The van der Waals surface area contributed by atoms with Gasteiger partial charge in [-0.05, 0) is 29.8 Å². The Hall–Kier alpha value is -1.85. The molecule has 1 aromatic heterocycles. The Morgan fingerprint density at radius 3 is 2.48 bits per heavy atom. The van der Waals surface area contributed by atoms with Crippen LogP contribution in [0.3, 0.4) is 0 Å². The van der Waals surface area contributed by atoms with Gasteiger partial charge in [0.25, 0.3) is 0 Å². The first-order valence-corrected chi connectivity index (χ1v) is 7.20. The number of aromatic nitrogens is 1. The molecular formula is C15H9BrClFN2O.